The number of likely N-dealkylation sites (tertiary alicyclic amines) is 1. The van der Waals surface area contributed by atoms with Crippen molar-refractivity contribution in [3.05, 3.63) is 52.9 Å². The topological polar surface area (TPSA) is 118 Å². The molecule has 2 amide bonds. The molecule has 3 aromatic rings. The van der Waals surface area contributed by atoms with Crippen LogP contribution in [-0.2, 0) is 16.0 Å². The van der Waals surface area contributed by atoms with Crippen LogP contribution in [0.2, 0.25) is 5.02 Å². The molecule has 2 saturated heterocycles. The fourth-order valence-electron chi connectivity index (χ4n) is 5.61. The molecule has 5 heterocycles. The number of nitrogens with zero attached hydrogens (tertiary/aromatic N) is 2. The zero-order valence-electron chi connectivity index (χ0n) is 22.1. The van der Waals surface area contributed by atoms with Crippen LogP contribution >= 0.6 is 11.6 Å². The molecule has 1 spiro atoms. The fourth-order valence-corrected chi connectivity index (χ4v) is 5.86. The van der Waals surface area contributed by atoms with Crippen LogP contribution in [0.25, 0.3) is 11.3 Å². The third-order valence-corrected chi connectivity index (χ3v) is 7.98. The normalized spacial score (nSPS) is 18.4. The number of ether oxygens (including phenoxy) is 3. The van der Waals surface area contributed by atoms with Crippen LogP contribution in [0.1, 0.15) is 23.0 Å². The summed E-state index contributed by atoms with van der Waals surface area (Å²) in [5, 5.41) is 6.76. The van der Waals surface area contributed by atoms with E-state index in [4.69, 9.17) is 25.8 Å². The highest BCUT2D eigenvalue weighted by molar-refractivity contribution is 6.32. The Morgan fingerprint density at radius 3 is 2.95 bits per heavy atom. The van der Waals surface area contributed by atoms with Gasteiger partial charge in [-0.15, -0.1) is 0 Å². The molecule has 3 aliphatic heterocycles. The third-order valence-electron chi connectivity index (χ3n) is 7.69. The second kappa shape index (κ2) is 10.4. The molecule has 3 N–H and O–H groups in total. The van der Waals surface area contributed by atoms with Crippen molar-refractivity contribution in [3.8, 4) is 34.6 Å². The fraction of sp³-hybridized carbons (Fsp3) is 0.345. The number of hydrogen-bond acceptors (Lipinski definition) is 7. The maximum atomic E-state index is 13.0. The Labute approximate surface area is 236 Å². The number of amides is 2. The summed E-state index contributed by atoms with van der Waals surface area (Å²) >= 11 is 6.38. The molecule has 3 aliphatic rings. The van der Waals surface area contributed by atoms with Gasteiger partial charge in [0.15, 0.2) is 5.75 Å². The smallest absolute Gasteiger partial charge is 0.298 e. The molecule has 1 aromatic carbocycles. The van der Waals surface area contributed by atoms with Gasteiger partial charge in [0.1, 0.15) is 12.4 Å². The molecule has 0 saturated carbocycles. The molecule has 2 aromatic heterocycles. The van der Waals surface area contributed by atoms with Crippen molar-refractivity contribution < 1.29 is 23.8 Å². The molecule has 2 fully saturated rings. The van der Waals surface area contributed by atoms with Crippen LogP contribution in [0.4, 0.5) is 11.4 Å². The van der Waals surface area contributed by atoms with E-state index >= 15 is 0 Å². The van der Waals surface area contributed by atoms with E-state index in [0.29, 0.717) is 77.4 Å². The highest BCUT2D eigenvalue weighted by atomic mass is 35.5. The number of anilines is 2. The minimum absolute atomic E-state index is 0.118. The zero-order chi connectivity index (χ0) is 27.9. The van der Waals surface area contributed by atoms with Gasteiger partial charge in [-0.25, -0.2) is 0 Å². The number of aromatic amines is 1. The quantitative estimate of drug-likeness (QED) is 0.378. The number of fused-ring (bicyclic) bond motifs is 1. The second-order valence-corrected chi connectivity index (χ2v) is 10.4. The first-order chi connectivity index (χ1) is 19.5. The lowest BCUT2D eigenvalue weighted by molar-refractivity contribution is -0.229. The van der Waals surface area contributed by atoms with E-state index in [1.807, 2.05) is 18.2 Å². The van der Waals surface area contributed by atoms with E-state index in [0.717, 1.165) is 5.69 Å². The monoisotopic (exact) mass is 561 g/mol. The Balaban J connectivity index is 1.36. The SMILES string of the molecule is CC#CC(=O)N1CC2(COC2)[C@@H]1COc1cnccc1-c1[nH]c2c(c1Nc1cccc(Cl)c1OC)C(=O)NCC2. The Morgan fingerprint density at radius 2 is 2.20 bits per heavy atom. The van der Waals surface area contributed by atoms with Gasteiger partial charge < -0.3 is 34.7 Å². The number of methoxy groups -OCH3 is 1. The lowest BCUT2D eigenvalue weighted by Gasteiger charge is -2.60. The molecule has 0 radical (unpaired) electrons. The summed E-state index contributed by atoms with van der Waals surface area (Å²) in [6, 6.07) is 7.04. The van der Waals surface area contributed by atoms with Crippen molar-refractivity contribution in [2.24, 2.45) is 5.41 Å². The van der Waals surface area contributed by atoms with Gasteiger partial charge in [0.2, 0.25) is 0 Å². The van der Waals surface area contributed by atoms with E-state index in [9.17, 15) is 9.59 Å². The number of carbonyl (C=O) groups excluding carboxylic acids is 2. The van der Waals surface area contributed by atoms with Crippen molar-refractivity contribution in [3.63, 3.8) is 0 Å². The van der Waals surface area contributed by atoms with Crippen LogP contribution < -0.4 is 20.1 Å². The van der Waals surface area contributed by atoms with Crippen LogP contribution in [0, 0.1) is 17.3 Å². The number of benzene rings is 1. The predicted octanol–water partition coefficient (Wildman–Crippen LogP) is 3.40. The van der Waals surface area contributed by atoms with Gasteiger partial charge in [0.05, 0.1) is 65.6 Å². The van der Waals surface area contributed by atoms with Crippen molar-refractivity contribution >= 4 is 34.8 Å². The average Bonchev–Trinajstić information content (AvgIpc) is 3.27. The molecular formula is C29H28ClN5O5. The number of aromatic nitrogens is 2. The summed E-state index contributed by atoms with van der Waals surface area (Å²) in [7, 11) is 1.54. The zero-order valence-corrected chi connectivity index (χ0v) is 22.9. The summed E-state index contributed by atoms with van der Waals surface area (Å²) in [6.45, 7) is 4.19. The summed E-state index contributed by atoms with van der Waals surface area (Å²) in [6.07, 6.45) is 3.95. The maximum absolute atomic E-state index is 13.0. The van der Waals surface area contributed by atoms with Crippen molar-refractivity contribution in [1.82, 2.24) is 20.2 Å². The first kappa shape index (κ1) is 26.0. The number of rotatable bonds is 7. The third kappa shape index (κ3) is 4.31. The van der Waals surface area contributed by atoms with Crippen molar-refractivity contribution in [2.75, 3.05) is 45.3 Å². The van der Waals surface area contributed by atoms with Crippen LogP contribution in [-0.4, -0.2) is 72.7 Å². The standard InChI is InChI=1S/C29H28ClN5O5/c1-3-5-23(36)35-14-29(15-39-16-29)22(35)13-40-21-12-31-10-8-17(21)25-26(24-19(33-25)9-11-32-28(24)37)34-20-7-4-6-18(30)27(20)38-2/h4,6-8,10,12,22,33-34H,9,11,13-16H2,1-2H3,(H,32,37)/t22-/m0/s1. The summed E-state index contributed by atoms with van der Waals surface area (Å²) < 4.78 is 17.4. The van der Waals surface area contributed by atoms with Gasteiger partial charge in [-0.3, -0.25) is 14.6 Å². The van der Waals surface area contributed by atoms with Crippen LogP contribution in [0.5, 0.6) is 11.5 Å². The number of pyridine rings is 1. The number of hydrogen-bond donors (Lipinski definition) is 3. The van der Waals surface area contributed by atoms with Crippen LogP contribution in [0.3, 0.4) is 0 Å². The molecular weight excluding hydrogens is 534 g/mol. The lowest BCUT2D eigenvalue weighted by atomic mass is 9.70. The molecule has 11 heteroatoms. The predicted molar refractivity (Wildman–Crippen MR) is 149 cm³/mol. The molecule has 1 atom stereocenters. The molecule has 0 aliphatic carbocycles. The molecule has 10 nitrogen and oxygen atoms in total. The highest BCUT2D eigenvalue weighted by Crippen LogP contribution is 2.46. The molecule has 0 bridgehead atoms. The van der Waals surface area contributed by atoms with Gasteiger partial charge in [-0.2, -0.15) is 0 Å². The largest absolute Gasteiger partial charge is 0.493 e. The summed E-state index contributed by atoms with van der Waals surface area (Å²) in [4.78, 5) is 35.1. The number of carbonyl (C=O) groups is 2. The van der Waals surface area contributed by atoms with Crippen molar-refractivity contribution in [2.45, 2.75) is 19.4 Å². The van der Waals surface area contributed by atoms with Crippen molar-refractivity contribution in [1.29, 1.82) is 0 Å². The van der Waals surface area contributed by atoms with Crippen LogP contribution in [0.15, 0.2) is 36.7 Å². The van der Waals surface area contributed by atoms with E-state index in [2.05, 4.69) is 32.4 Å². The van der Waals surface area contributed by atoms with Gasteiger partial charge in [-0.1, -0.05) is 23.6 Å². The Bertz CT molecular complexity index is 1550. The molecule has 0 unspecified atom stereocenters. The molecule has 6 rings (SSSR count). The van der Waals surface area contributed by atoms with Gasteiger partial charge in [-0.05, 0) is 31.0 Å². The van der Waals surface area contributed by atoms with E-state index < -0.39 is 0 Å². The van der Waals surface area contributed by atoms with Gasteiger partial charge in [0.25, 0.3) is 11.8 Å². The highest BCUT2D eigenvalue weighted by Gasteiger charge is 2.59. The number of nitrogens with one attached hydrogen (secondary N) is 3. The summed E-state index contributed by atoms with van der Waals surface area (Å²) in [5.74, 6) is 5.89. The van der Waals surface area contributed by atoms with E-state index in [1.54, 1.807) is 37.4 Å². The minimum Gasteiger partial charge on any atom is -0.493 e. The van der Waals surface area contributed by atoms with E-state index in [-0.39, 0.29) is 29.9 Å². The van der Waals surface area contributed by atoms with E-state index in [1.165, 1.54) is 0 Å². The Kier molecular flexibility index (Phi) is 6.78. The van der Waals surface area contributed by atoms with Gasteiger partial charge in [0, 0.05) is 37.0 Å². The second-order valence-electron chi connectivity index (χ2n) is 10.0. The number of para-hydroxylation sites is 1. The minimum atomic E-state index is -0.218. The number of halogens is 1. The summed E-state index contributed by atoms with van der Waals surface area (Å²) in [5.41, 5.74) is 3.78. The number of H-pyrrole nitrogens is 1. The maximum Gasteiger partial charge on any atom is 0.298 e. The van der Waals surface area contributed by atoms with Gasteiger partial charge >= 0.3 is 0 Å². The first-order valence-corrected chi connectivity index (χ1v) is 13.3. The lowest BCUT2D eigenvalue weighted by Crippen LogP contribution is -2.75. The Hall–Kier alpha value is -4.20. The molecule has 206 valence electrons. The average molecular weight is 562 g/mol. The Morgan fingerprint density at radius 1 is 1.35 bits per heavy atom. The first-order valence-electron chi connectivity index (χ1n) is 13.0. The molecule has 40 heavy (non-hydrogen) atoms.